The van der Waals surface area contributed by atoms with Gasteiger partial charge in [-0.3, -0.25) is 4.79 Å². The van der Waals surface area contributed by atoms with Crippen LogP contribution in [0.25, 0.3) is 5.65 Å². The van der Waals surface area contributed by atoms with E-state index in [9.17, 15) is 18.0 Å². The Morgan fingerprint density at radius 2 is 1.92 bits per heavy atom. The standard InChI is InChI=1S/C13H9F3N6O3/c14-13(15,16)6-24-11-12(19-4-3-18-11)25-9-2-1-8-20-7(10(17)23)5-22(8)21-9/h1-5H,6H2,(H2,17,23). The summed E-state index contributed by atoms with van der Waals surface area (Å²) in [5.41, 5.74) is 5.45. The Bertz CT molecular complexity index is 927. The van der Waals surface area contributed by atoms with Crippen molar-refractivity contribution in [3.63, 3.8) is 0 Å². The molecule has 1 amide bonds. The van der Waals surface area contributed by atoms with Crippen LogP contribution in [0.2, 0.25) is 0 Å². The lowest BCUT2D eigenvalue weighted by atomic mass is 10.5. The normalized spacial score (nSPS) is 11.5. The maximum Gasteiger partial charge on any atom is 0.422 e. The predicted octanol–water partition coefficient (Wildman–Crippen LogP) is 1.35. The average molecular weight is 354 g/mol. The summed E-state index contributed by atoms with van der Waals surface area (Å²) in [7, 11) is 0. The highest BCUT2D eigenvalue weighted by Gasteiger charge is 2.29. The number of fused-ring (bicyclic) bond motifs is 1. The molecule has 130 valence electrons. The second-order valence-electron chi connectivity index (χ2n) is 4.64. The zero-order valence-corrected chi connectivity index (χ0v) is 12.3. The van der Waals surface area contributed by atoms with Crippen molar-refractivity contribution in [3.8, 4) is 17.6 Å². The van der Waals surface area contributed by atoms with Crippen LogP contribution in [0, 0.1) is 0 Å². The number of carbonyl (C=O) groups excluding carboxylic acids is 1. The SMILES string of the molecule is NC(=O)c1cn2nc(Oc3nccnc3OCC(F)(F)F)ccc2n1. The quantitative estimate of drug-likeness (QED) is 0.735. The number of nitrogens with zero attached hydrogens (tertiary/aromatic N) is 5. The van der Waals surface area contributed by atoms with Crippen LogP contribution >= 0.6 is 0 Å². The van der Waals surface area contributed by atoms with Crippen LogP contribution in [0.15, 0.2) is 30.7 Å². The Morgan fingerprint density at radius 1 is 1.20 bits per heavy atom. The van der Waals surface area contributed by atoms with E-state index >= 15 is 0 Å². The van der Waals surface area contributed by atoms with Gasteiger partial charge in [0.25, 0.3) is 17.7 Å². The van der Waals surface area contributed by atoms with Crippen LogP contribution in [0.1, 0.15) is 10.5 Å². The maximum atomic E-state index is 12.3. The highest BCUT2D eigenvalue weighted by Crippen LogP contribution is 2.27. The molecule has 0 radical (unpaired) electrons. The average Bonchev–Trinajstić information content (AvgIpc) is 2.97. The van der Waals surface area contributed by atoms with E-state index in [-0.39, 0.29) is 17.5 Å². The molecule has 0 saturated carbocycles. The predicted molar refractivity (Wildman–Crippen MR) is 75.2 cm³/mol. The molecular weight excluding hydrogens is 345 g/mol. The summed E-state index contributed by atoms with van der Waals surface area (Å²) in [6.45, 7) is -1.54. The number of alkyl halides is 3. The minimum atomic E-state index is -4.53. The molecule has 2 N–H and O–H groups in total. The van der Waals surface area contributed by atoms with Gasteiger partial charge in [-0.15, -0.1) is 5.10 Å². The van der Waals surface area contributed by atoms with Gasteiger partial charge in [-0.05, 0) is 6.07 Å². The Hall–Kier alpha value is -3.44. The summed E-state index contributed by atoms with van der Waals surface area (Å²) >= 11 is 0. The Balaban J connectivity index is 1.84. The third kappa shape index (κ3) is 3.91. The molecule has 0 saturated heterocycles. The lowest BCUT2D eigenvalue weighted by Crippen LogP contribution is -2.20. The minimum Gasteiger partial charge on any atom is -0.464 e. The van der Waals surface area contributed by atoms with E-state index in [0.29, 0.717) is 5.65 Å². The molecule has 0 aromatic carbocycles. The molecule has 0 atom stereocenters. The van der Waals surface area contributed by atoms with Crippen LogP contribution in [0.5, 0.6) is 17.6 Å². The van der Waals surface area contributed by atoms with E-state index in [1.165, 1.54) is 29.0 Å². The smallest absolute Gasteiger partial charge is 0.422 e. The van der Waals surface area contributed by atoms with Crippen molar-refractivity contribution in [2.75, 3.05) is 6.61 Å². The molecule has 25 heavy (non-hydrogen) atoms. The molecule has 0 aliphatic heterocycles. The van der Waals surface area contributed by atoms with Gasteiger partial charge in [0.2, 0.25) is 5.88 Å². The van der Waals surface area contributed by atoms with Gasteiger partial charge in [-0.25, -0.2) is 19.5 Å². The van der Waals surface area contributed by atoms with Crippen molar-refractivity contribution in [2.45, 2.75) is 6.18 Å². The van der Waals surface area contributed by atoms with Gasteiger partial charge in [-0.1, -0.05) is 0 Å². The molecule has 0 aliphatic rings. The first-order chi connectivity index (χ1) is 11.8. The number of rotatable bonds is 5. The topological polar surface area (TPSA) is 118 Å². The summed E-state index contributed by atoms with van der Waals surface area (Å²) in [6.07, 6.45) is -0.878. The number of nitrogens with two attached hydrogens (primary N) is 1. The molecule has 0 fully saturated rings. The fraction of sp³-hybridized carbons (Fsp3) is 0.154. The monoisotopic (exact) mass is 354 g/mol. The van der Waals surface area contributed by atoms with E-state index in [2.05, 4.69) is 24.8 Å². The van der Waals surface area contributed by atoms with Crippen molar-refractivity contribution in [1.82, 2.24) is 24.6 Å². The highest BCUT2D eigenvalue weighted by atomic mass is 19.4. The number of ether oxygens (including phenoxy) is 2. The summed E-state index contributed by atoms with van der Waals surface area (Å²) in [5, 5.41) is 4.00. The number of amides is 1. The number of hydrogen-bond donors (Lipinski definition) is 1. The third-order valence-electron chi connectivity index (χ3n) is 2.76. The summed E-state index contributed by atoms with van der Waals surface area (Å²) in [5.74, 6) is -1.50. The van der Waals surface area contributed by atoms with Gasteiger partial charge in [-0.2, -0.15) is 13.2 Å². The van der Waals surface area contributed by atoms with Gasteiger partial charge >= 0.3 is 6.18 Å². The van der Waals surface area contributed by atoms with E-state index in [1.54, 1.807) is 0 Å². The molecular formula is C13H9F3N6O3. The maximum absolute atomic E-state index is 12.3. The van der Waals surface area contributed by atoms with Crippen molar-refractivity contribution < 1.29 is 27.4 Å². The molecule has 9 nitrogen and oxygen atoms in total. The lowest BCUT2D eigenvalue weighted by molar-refractivity contribution is -0.154. The number of aromatic nitrogens is 5. The van der Waals surface area contributed by atoms with Crippen molar-refractivity contribution >= 4 is 11.6 Å². The Morgan fingerprint density at radius 3 is 2.60 bits per heavy atom. The fourth-order valence-corrected chi connectivity index (χ4v) is 1.77. The third-order valence-corrected chi connectivity index (χ3v) is 2.76. The van der Waals surface area contributed by atoms with E-state index in [4.69, 9.17) is 10.5 Å². The van der Waals surface area contributed by atoms with Gasteiger partial charge in [0, 0.05) is 18.5 Å². The van der Waals surface area contributed by atoms with Gasteiger partial charge in [0.1, 0.15) is 5.69 Å². The molecule has 0 aliphatic carbocycles. The van der Waals surface area contributed by atoms with Crippen molar-refractivity contribution in [3.05, 3.63) is 36.4 Å². The van der Waals surface area contributed by atoms with Crippen LogP contribution in [0.3, 0.4) is 0 Å². The highest BCUT2D eigenvalue weighted by molar-refractivity contribution is 5.91. The zero-order chi connectivity index (χ0) is 18.0. The minimum absolute atomic E-state index is 0.00153. The molecule has 3 heterocycles. The van der Waals surface area contributed by atoms with Crippen LogP contribution in [-0.4, -0.2) is 43.3 Å². The Kier molecular flexibility index (Phi) is 4.09. The molecule has 0 bridgehead atoms. The first-order valence-electron chi connectivity index (χ1n) is 6.66. The first kappa shape index (κ1) is 16.4. The molecule has 12 heteroatoms. The molecule has 3 aromatic rings. The lowest BCUT2D eigenvalue weighted by Gasteiger charge is -2.11. The van der Waals surface area contributed by atoms with Crippen molar-refractivity contribution in [2.24, 2.45) is 5.73 Å². The summed E-state index contributed by atoms with van der Waals surface area (Å²) < 4.78 is 47.9. The van der Waals surface area contributed by atoms with Gasteiger partial charge in [0.15, 0.2) is 12.3 Å². The summed E-state index contributed by atoms with van der Waals surface area (Å²) in [4.78, 5) is 22.5. The zero-order valence-electron chi connectivity index (χ0n) is 12.3. The second kappa shape index (κ2) is 6.22. The fourth-order valence-electron chi connectivity index (χ4n) is 1.77. The molecule has 3 rings (SSSR count). The number of primary amides is 1. The molecule has 3 aromatic heterocycles. The number of hydrogen-bond acceptors (Lipinski definition) is 7. The van der Waals surface area contributed by atoms with E-state index < -0.39 is 24.6 Å². The second-order valence-corrected chi connectivity index (χ2v) is 4.64. The Labute approximate surface area is 137 Å². The van der Waals surface area contributed by atoms with Gasteiger partial charge < -0.3 is 15.2 Å². The summed E-state index contributed by atoms with van der Waals surface area (Å²) in [6, 6.07) is 2.86. The van der Waals surface area contributed by atoms with Crippen LogP contribution < -0.4 is 15.2 Å². The van der Waals surface area contributed by atoms with E-state index in [0.717, 1.165) is 6.20 Å². The van der Waals surface area contributed by atoms with E-state index in [1.807, 2.05) is 0 Å². The number of halogens is 3. The first-order valence-corrected chi connectivity index (χ1v) is 6.66. The van der Waals surface area contributed by atoms with Crippen molar-refractivity contribution in [1.29, 1.82) is 0 Å². The van der Waals surface area contributed by atoms with Crippen LogP contribution in [-0.2, 0) is 0 Å². The number of carbonyl (C=O) groups is 1. The molecule has 0 unspecified atom stereocenters. The van der Waals surface area contributed by atoms with Gasteiger partial charge in [0.05, 0.1) is 6.20 Å². The number of imidazole rings is 1. The van der Waals surface area contributed by atoms with Crippen LogP contribution in [0.4, 0.5) is 13.2 Å². The largest absolute Gasteiger partial charge is 0.464 e. The molecule has 0 spiro atoms.